The van der Waals surface area contributed by atoms with Crippen LogP contribution >= 0.6 is 0 Å². The Hall–Kier alpha value is -1.11. The zero-order chi connectivity index (χ0) is 43.4. The number of rotatable bonds is 41. The summed E-state index contributed by atoms with van der Waals surface area (Å²) in [6.45, 7) is 5.96. The lowest BCUT2D eigenvalue weighted by molar-refractivity contribution is -0.302. The van der Waals surface area contributed by atoms with E-state index in [0.717, 1.165) is 50.9 Å². The highest BCUT2D eigenvalue weighted by Crippen LogP contribution is 2.23. The van der Waals surface area contributed by atoms with E-state index in [-0.39, 0.29) is 6.61 Å². The number of carbonyl (C=O) groups excluding carboxylic acids is 1. The maximum absolute atomic E-state index is 13.1. The van der Waals surface area contributed by atoms with Crippen molar-refractivity contribution in [2.75, 3.05) is 13.2 Å². The van der Waals surface area contributed by atoms with Crippen LogP contribution in [-0.4, -0.2) is 98.7 Å². The quantitative estimate of drug-likeness (QED) is 0.0234. The van der Waals surface area contributed by atoms with Crippen LogP contribution in [0.3, 0.4) is 0 Å². The summed E-state index contributed by atoms with van der Waals surface area (Å²) < 4.78 is 11.2. The minimum atomic E-state index is -1.61. The highest BCUT2D eigenvalue weighted by atomic mass is 16.7. The molecule has 59 heavy (non-hydrogen) atoms. The second-order valence-corrected chi connectivity index (χ2v) is 18.0. The molecule has 10 nitrogen and oxygen atoms in total. The second-order valence-electron chi connectivity index (χ2n) is 18.0. The molecule has 1 rings (SSSR count). The maximum atomic E-state index is 13.1. The summed E-state index contributed by atoms with van der Waals surface area (Å²) in [5.74, 6) is 0.218. The van der Waals surface area contributed by atoms with Crippen molar-refractivity contribution < 1.29 is 44.9 Å². The lowest BCUT2D eigenvalue weighted by Crippen LogP contribution is -2.60. The number of nitrogens with one attached hydrogen (secondary N) is 1. The molecule has 1 aliphatic heterocycles. The summed E-state index contributed by atoms with van der Waals surface area (Å²) >= 11 is 0. The van der Waals surface area contributed by atoms with Gasteiger partial charge in [0.25, 0.3) is 0 Å². The fourth-order valence-corrected chi connectivity index (χ4v) is 8.02. The van der Waals surface area contributed by atoms with E-state index in [1.54, 1.807) is 6.08 Å². The molecule has 1 fully saturated rings. The number of aliphatic hydroxyl groups is 6. The lowest BCUT2D eigenvalue weighted by Gasteiger charge is -2.40. The van der Waals surface area contributed by atoms with Gasteiger partial charge >= 0.3 is 0 Å². The molecule has 1 aliphatic rings. The van der Waals surface area contributed by atoms with E-state index in [4.69, 9.17) is 9.47 Å². The fraction of sp³-hybridized carbons (Fsp3) is 0.939. The van der Waals surface area contributed by atoms with E-state index >= 15 is 0 Å². The first-order chi connectivity index (χ1) is 28.7. The molecular weight excluding hydrogens is 747 g/mol. The smallest absolute Gasteiger partial charge is 0.249 e. The molecule has 10 heteroatoms. The van der Waals surface area contributed by atoms with Gasteiger partial charge in [0, 0.05) is 0 Å². The van der Waals surface area contributed by atoms with Gasteiger partial charge in [-0.05, 0) is 25.2 Å². The molecule has 7 N–H and O–H groups in total. The monoisotopic (exact) mass is 842 g/mol. The minimum Gasteiger partial charge on any atom is -0.394 e. The first kappa shape index (κ1) is 55.9. The molecule has 1 saturated heterocycles. The predicted octanol–water partition coefficient (Wildman–Crippen LogP) is 9.72. The molecule has 350 valence electrons. The Labute approximate surface area is 361 Å². The molecular formula is C49H95NO9. The zero-order valence-electron chi connectivity index (χ0n) is 38.3. The fourth-order valence-electron chi connectivity index (χ4n) is 8.02. The molecule has 0 radical (unpaired) electrons. The summed E-state index contributed by atoms with van der Waals surface area (Å²) in [6.07, 6.45) is 33.0. The average Bonchev–Trinajstić information content (AvgIpc) is 3.24. The van der Waals surface area contributed by atoms with Crippen LogP contribution in [0.2, 0.25) is 0 Å². The van der Waals surface area contributed by atoms with E-state index in [0.29, 0.717) is 6.42 Å². The highest BCUT2D eigenvalue weighted by Gasteiger charge is 2.44. The van der Waals surface area contributed by atoms with Gasteiger partial charge < -0.3 is 45.4 Å². The van der Waals surface area contributed by atoms with Crippen molar-refractivity contribution in [3.05, 3.63) is 12.2 Å². The highest BCUT2D eigenvalue weighted by molar-refractivity contribution is 5.80. The molecule has 0 aromatic carbocycles. The molecule has 1 heterocycles. The van der Waals surface area contributed by atoms with Gasteiger partial charge in [-0.2, -0.15) is 0 Å². The Kier molecular flexibility index (Phi) is 36.5. The van der Waals surface area contributed by atoms with E-state index in [9.17, 15) is 35.4 Å². The number of hydrogen-bond acceptors (Lipinski definition) is 9. The van der Waals surface area contributed by atoms with Gasteiger partial charge in [-0.15, -0.1) is 0 Å². The van der Waals surface area contributed by atoms with Gasteiger partial charge in [-0.25, -0.2) is 0 Å². The number of carbonyl (C=O) groups is 1. The van der Waals surface area contributed by atoms with Crippen LogP contribution < -0.4 is 5.32 Å². The molecule has 9 atom stereocenters. The number of amides is 1. The van der Waals surface area contributed by atoms with Crippen LogP contribution in [0.15, 0.2) is 12.2 Å². The first-order valence-electron chi connectivity index (χ1n) is 24.9. The topological polar surface area (TPSA) is 169 Å². The van der Waals surface area contributed by atoms with Gasteiger partial charge in [-0.1, -0.05) is 219 Å². The van der Waals surface area contributed by atoms with E-state index < -0.39 is 61.5 Å². The third-order valence-electron chi connectivity index (χ3n) is 12.5. The van der Waals surface area contributed by atoms with Gasteiger partial charge in [0.1, 0.15) is 30.5 Å². The van der Waals surface area contributed by atoms with Crippen LogP contribution in [0.1, 0.15) is 226 Å². The Bertz CT molecular complexity index is 968. The van der Waals surface area contributed by atoms with Crippen molar-refractivity contribution in [3.63, 3.8) is 0 Å². The maximum Gasteiger partial charge on any atom is 0.249 e. The van der Waals surface area contributed by atoms with E-state index in [1.807, 2.05) is 6.08 Å². The predicted molar refractivity (Wildman–Crippen MR) is 241 cm³/mol. The SMILES string of the molecule is CCCCCCCCCCCCCCCCCCCCCCC(O)C(=O)NC(COC1OC(CO)C(O)C(O)C1O)C(O)C=CCCCCCCCCCCC(C)CC. The lowest BCUT2D eigenvalue weighted by atomic mass is 9.99. The van der Waals surface area contributed by atoms with Crippen molar-refractivity contribution >= 4 is 5.91 Å². The Morgan fingerprint density at radius 1 is 0.627 bits per heavy atom. The van der Waals surface area contributed by atoms with E-state index in [2.05, 4.69) is 26.1 Å². The second kappa shape index (κ2) is 38.6. The van der Waals surface area contributed by atoms with E-state index in [1.165, 1.54) is 154 Å². The number of allylic oxidation sites excluding steroid dienone is 1. The molecule has 0 bridgehead atoms. The summed E-state index contributed by atoms with van der Waals surface area (Å²) in [6, 6.07) is -0.976. The third kappa shape index (κ3) is 29.0. The standard InChI is InChI=1S/C49H95NO9/c1-4-6-7-8-9-10-11-12-13-14-15-16-17-18-19-20-25-28-31-34-37-43(53)48(57)50-41(39-58-49-47(56)46(55)45(54)44(38-51)59-49)42(52)36-33-30-27-24-22-21-23-26-29-32-35-40(3)5-2/h33,36,40-47,49,51-56H,4-32,34-35,37-39H2,1-3H3,(H,50,57). The zero-order valence-corrected chi connectivity index (χ0v) is 38.3. The van der Waals surface area contributed by atoms with Crippen molar-refractivity contribution in [2.45, 2.75) is 275 Å². The number of aliphatic hydroxyl groups excluding tert-OH is 6. The van der Waals surface area contributed by atoms with Crippen LogP contribution in [0.4, 0.5) is 0 Å². The summed E-state index contributed by atoms with van der Waals surface area (Å²) in [5, 5.41) is 64.8. The molecule has 0 aliphatic carbocycles. The van der Waals surface area contributed by atoms with Gasteiger partial charge in [-0.3, -0.25) is 4.79 Å². The van der Waals surface area contributed by atoms with Crippen LogP contribution in [-0.2, 0) is 14.3 Å². The number of hydrogen-bond donors (Lipinski definition) is 7. The molecule has 0 spiro atoms. The van der Waals surface area contributed by atoms with Crippen molar-refractivity contribution in [1.82, 2.24) is 5.32 Å². The molecule has 1 amide bonds. The minimum absolute atomic E-state index is 0.302. The van der Waals surface area contributed by atoms with Crippen molar-refractivity contribution in [2.24, 2.45) is 5.92 Å². The average molecular weight is 842 g/mol. The Morgan fingerprint density at radius 2 is 1.07 bits per heavy atom. The van der Waals surface area contributed by atoms with Crippen LogP contribution in [0, 0.1) is 5.92 Å². The van der Waals surface area contributed by atoms with Gasteiger partial charge in [0.15, 0.2) is 6.29 Å². The first-order valence-corrected chi connectivity index (χ1v) is 24.9. The molecule has 0 saturated carbocycles. The Balaban J connectivity index is 2.35. The van der Waals surface area contributed by atoms with Gasteiger partial charge in [0.05, 0.1) is 25.4 Å². The summed E-state index contributed by atoms with van der Waals surface area (Å²) in [5.41, 5.74) is 0. The van der Waals surface area contributed by atoms with Crippen molar-refractivity contribution in [1.29, 1.82) is 0 Å². The third-order valence-corrected chi connectivity index (χ3v) is 12.5. The normalized spacial score (nSPS) is 21.8. The van der Waals surface area contributed by atoms with Gasteiger partial charge in [0.2, 0.25) is 5.91 Å². The summed E-state index contributed by atoms with van der Waals surface area (Å²) in [7, 11) is 0. The van der Waals surface area contributed by atoms with Crippen LogP contribution in [0.25, 0.3) is 0 Å². The molecule has 0 aromatic rings. The number of ether oxygens (including phenoxy) is 2. The Morgan fingerprint density at radius 3 is 1.53 bits per heavy atom. The molecule has 0 aromatic heterocycles. The van der Waals surface area contributed by atoms with Crippen LogP contribution in [0.5, 0.6) is 0 Å². The largest absolute Gasteiger partial charge is 0.394 e. The summed E-state index contributed by atoms with van der Waals surface area (Å²) in [4.78, 5) is 13.1. The van der Waals surface area contributed by atoms with Crippen molar-refractivity contribution in [3.8, 4) is 0 Å². The molecule has 9 unspecified atom stereocenters. The number of unbranched alkanes of at least 4 members (excludes halogenated alkanes) is 27.